The maximum Gasteiger partial charge on any atom is 0.101 e. The van der Waals surface area contributed by atoms with Crippen LogP contribution in [-0.4, -0.2) is 18.6 Å². The molecule has 0 aliphatic carbocycles. The molecule has 0 bridgehead atoms. The molecule has 2 rings (SSSR count). The van der Waals surface area contributed by atoms with Crippen molar-refractivity contribution in [1.82, 2.24) is 5.32 Å². The van der Waals surface area contributed by atoms with Gasteiger partial charge in [0.15, 0.2) is 0 Å². The van der Waals surface area contributed by atoms with Crippen LogP contribution in [0.5, 0.6) is 0 Å². The van der Waals surface area contributed by atoms with Crippen LogP contribution in [0.1, 0.15) is 24.5 Å². The molecule has 1 aromatic rings. The van der Waals surface area contributed by atoms with E-state index in [1.54, 1.807) is 0 Å². The molecule has 0 spiro atoms. The highest BCUT2D eigenvalue weighted by atomic mass is 15.1. The molecule has 3 nitrogen and oxygen atoms in total. The van der Waals surface area contributed by atoms with E-state index in [2.05, 4.69) is 23.6 Å². The molecule has 1 aromatic carbocycles. The van der Waals surface area contributed by atoms with Gasteiger partial charge in [-0.05, 0) is 44.5 Å². The molecular weight excluding hydrogens is 198 g/mol. The summed E-state index contributed by atoms with van der Waals surface area (Å²) in [5, 5.41) is 15.9. The van der Waals surface area contributed by atoms with E-state index in [1.165, 1.54) is 0 Å². The molecule has 16 heavy (non-hydrogen) atoms. The zero-order valence-corrected chi connectivity index (χ0v) is 9.80. The van der Waals surface area contributed by atoms with Crippen molar-refractivity contribution >= 4 is 5.69 Å². The molecule has 84 valence electrons. The zero-order chi connectivity index (χ0) is 11.6. The second-order valence-corrected chi connectivity index (χ2v) is 4.77. The van der Waals surface area contributed by atoms with Crippen LogP contribution in [0, 0.1) is 18.3 Å². The second kappa shape index (κ2) is 4.15. The largest absolute Gasteiger partial charge is 0.377 e. The third kappa shape index (κ3) is 2.17. The number of nitrogens with one attached hydrogen (secondary N) is 2. The van der Waals surface area contributed by atoms with Gasteiger partial charge in [0, 0.05) is 12.1 Å². The van der Waals surface area contributed by atoms with Crippen LogP contribution < -0.4 is 10.6 Å². The Labute approximate surface area is 96.5 Å². The maximum atomic E-state index is 9.10. The SMILES string of the molecule is Cc1ccc(NC2(C)CCNC2)c(C#N)c1. The van der Waals surface area contributed by atoms with Crippen molar-refractivity contribution in [3.8, 4) is 6.07 Å². The summed E-state index contributed by atoms with van der Waals surface area (Å²) in [5.74, 6) is 0. The van der Waals surface area contributed by atoms with Crippen LogP contribution in [0.25, 0.3) is 0 Å². The molecule has 0 aromatic heterocycles. The Morgan fingerprint density at radius 3 is 2.94 bits per heavy atom. The summed E-state index contributed by atoms with van der Waals surface area (Å²) >= 11 is 0. The van der Waals surface area contributed by atoms with Crippen molar-refractivity contribution in [2.45, 2.75) is 25.8 Å². The number of hydrogen-bond acceptors (Lipinski definition) is 3. The zero-order valence-electron chi connectivity index (χ0n) is 9.80. The fourth-order valence-corrected chi connectivity index (χ4v) is 2.11. The van der Waals surface area contributed by atoms with E-state index in [1.807, 2.05) is 25.1 Å². The van der Waals surface area contributed by atoms with Gasteiger partial charge in [-0.1, -0.05) is 6.07 Å². The van der Waals surface area contributed by atoms with E-state index < -0.39 is 0 Å². The molecule has 1 aliphatic heterocycles. The Hall–Kier alpha value is -1.53. The predicted molar refractivity (Wildman–Crippen MR) is 65.4 cm³/mol. The standard InChI is InChI=1S/C13H17N3/c1-10-3-4-12(11(7-10)8-14)16-13(2)5-6-15-9-13/h3-4,7,15-16H,5-6,9H2,1-2H3. The van der Waals surface area contributed by atoms with Gasteiger partial charge in [0.05, 0.1) is 11.3 Å². The fourth-order valence-electron chi connectivity index (χ4n) is 2.11. The van der Waals surface area contributed by atoms with Crippen molar-refractivity contribution in [2.75, 3.05) is 18.4 Å². The minimum absolute atomic E-state index is 0.0703. The normalized spacial score (nSPS) is 24.1. The van der Waals surface area contributed by atoms with Gasteiger partial charge >= 0.3 is 0 Å². The topological polar surface area (TPSA) is 47.8 Å². The minimum Gasteiger partial charge on any atom is -0.377 e. The molecule has 1 saturated heterocycles. The predicted octanol–water partition coefficient (Wildman–Crippen LogP) is 2.03. The Kier molecular flexibility index (Phi) is 2.84. The second-order valence-electron chi connectivity index (χ2n) is 4.77. The lowest BCUT2D eigenvalue weighted by Gasteiger charge is -2.26. The highest BCUT2D eigenvalue weighted by Crippen LogP contribution is 2.24. The van der Waals surface area contributed by atoms with Crippen LogP contribution in [-0.2, 0) is 0 Å². The molecule has 1 fully saturated rings. The van der Waals surface area contributed by atoms with E-state index in [0.717, 1.165) is 36.3 Å². The minimum atomic E-state index is 0.0703. The molecule has 1 heterocycles. The van der Waals surface area contributed by atoms with Gasteiger partial charge < -0.3 is 10.6 Å². The Morgan fingerprint density at radius 2 is 2.31 bits per heavy atom. The first kappa shape index (κ1) is 11.0. The van der Waals surface area contributed by atoms with Crippen molar-refractivity contribution in [1.29, 1.82) is 5.26 Å². The number of aryl methyl sites for hydroxylation is 1. The van der Waals surface area contributed by atoms with Gasteiger partial charge in [-0.3, -0.25) is 0 Å². The summed E-state index contributed by atoms with van der Waals surface area (Å²) in [7, 11) is 0. The molecule has 0 radical (unpaired) electrons. The van der Waals surface area contributed by atoms with E-state index in [-0.39, 0.29) is 5.54 Å². The summed E-state index contributed by atoms with van der Waals surface area (Å²) < 4.78 is 0. The Morgan fingerprint density at radius 1 is 1.50 bits per heavy atom. The Bertz CT molecular complexity index is 425. The van der Waals surface area contributed by atoms with Crippen LogP contribution >= 0.6 is 0 Å². The van der Waals surface area contributed by atoms with Gasteiger partial charge in [-0.25, -0.2) is 0 Å². The first-order chi connectivity index (χ1) is 7.63. The van der Waals surface area contributed by atoms with Gasteiger partial charge in [-0.2, -0.15) is 5.26 Å². The number of nitriles is 1. The first-order valence-corrected chi connectivity index (χ1v) is 5.63. The molecular formula is C13H17N3. The van der Waals surface area contributed by atoms with Crippen molar-refractivity contribution in [2.24, 2.45) is 0 Å². The van der Waals surface area contributed by atoms with E-state index in [4.69, 9.17) is 5.26 Å². The average Bonchev–Trinajstić information content (AvgIpc) is 2.68. The molecule has 0 amide bonds. The number of anilines is 1. The quantitative estimate of drug-likeness (QED) is 0.793. The highest BCUT2D eigenvalue weighted by Gasteiger charge is 2.28. The van der Waals surface area contributed by atoms with Gasteiger partial charge in [0.25, 0.3) is 0 Å². The maximum absolute atomic E-state index is 9.10. The third-order valence-electron chi connectivity index (χ3n) is 3.10. The average molecular weight is 215 g/mol. The van der Waals surface area contributed by atoms with Gasteiger partial charge in [0.2, 0.25) is 0 Å². The molecule has 1 unspecified atom stereocenters. The monoisotopic (exact) mass is 215 g/mol. The lowest BCUT2D eigenvalue weighted by Crippen LogP contribution is -2.37. The molecule has 1 atom stereocenters. The summed E-state index contributed by atoms with van der Waals surface area (Å²) in [6, 6.07) is 8.20. The number of benzene rings is 1. The molecule has 2 N–H and O–H groups in total. The number of nitrogens with zero attached hydrogens (tertiary/aromatic N) is 1. The summed E-state index contributed by atoms with van der Waals surface area (Å²) in [6.07, 6.45) is 1.09. The van der Waals surface area contributed by atoms with Crippen LogP contribution in [0.3, 0.4) is 0 Å². The van der Waals surface area contributed by atoms with Gasteiger partial charge in [0.1, 0.15) is 6.07 Å². The molecule has 3 heteroatoms. The van der Waals surface area contributed by atoms with Crippen LogP contribution in [0.15, 0.2) is 18.2 Å². The summed E-state index contributed by atoms with van der Waals surface area (Å²) in [6.45, 7) is 6.18. The van der Waals surface area contributed by atoms with E-state index in [0.29, 0.717) is 0 Å². The van der Waals surface area contributed by atoms with E-state index in [9.17, 15) is 0 Å². The van der Waals surface area contributed by atoms with Gasteiger partial charge in [-0.15, -0.1) is 0 Å². The van der Waals surface area contributed by atoms with Crippen LogP contribution in [0.4, 0.5) is 5.69 Å². The smallest absolute Gasteiger partial charge is 0.101 e. The summed E-state index contributed by atoms with van der Waals surface area (Å²) in [5.41, 5.74) is 2.87. The van der Waals surface area contributed by atoms with Crippen LogP contribution in [0.2, 0.25) is 0 Å². The fraction of sp³-hybridized carbons (Fsp3) is 0.462. The summed E-state index contributed by atoms with van der Waals surface area (Å²) in [4.78, 5) is 0. The highest BCUT2D eigenvalue weighted by molar-refractivity contribution is 5.59. The van der Waals surface area contributed by atoms with Crippen molar-refractivity contribution in [3.63, 3.8) is 0 Å². The third-order valence-corrected chi connectivity index (χ3v) is 3.10. The molecule has 0 saturated carbocycles. The first-order valence-electron chi connectivity index (χ1n) is 5.63. The number of rotatable bonds is 2. The lowest BCUT2D eigenvalue weighted by atomic mass is 10.00. The van der Waals surface area contributed by atoms with Crippen molar-refractivity contribution in [3.05, 3.63) is 29.3 Å². The number of hydrogen-bond donors (Lipinski definition) is 2. The lowest BCUT2D eigenvalue weighted by molar-refractivity contribution is 0.567. The Balaban J connectivity index is 2.24. The van der Waals surface area contributed by atoms with E-state index >= 15 is 0 Å². The van der Waals surface area contributed by atoms with Crippen molar-refractivity contribution < 1.29 is 0 Å². The molecule has 1 aliphatic rings.